The molecule has 1 aliphatic heterocycles. The number of hydrogen-bond acceptors (Lipinski definition) is 6. The summed E-state index contributed by atoms with van der Waals surface area (Å²) in [4.78, 5) is 12.3. The molecule has 1 atom stereocenters. The van der Waals surface area contributed by atoms with Crippen LogP contribution in [0, 0.1) is 6.92 Å². The molecule has 0 aliphatic carbocycles. The summed E-state index contributed by atoms with van der Waals surface area (Å²) in [6.45, 7) is 7.98. The number of fused-ring (bicyclic) bond motifs is 1. The van der Waals surface area contributed by atoms with Crippen molar-refractivity contribution >= 4 is 5.97 Å². The van der Waals surface area contributed by atoms with Crippen molar-refractivity contribution in [3.63, 3.8) is 0 Å². The van der Waals surface area contributed by atoms with Crippen LogP contribution in [0.3, 0.4) is 0 Å². The molecule has 1 heterocycles. The van der Waals surface area contributed by atoms with Crippen LogP contribution in [0.1, 0.15) is 54.1 Å². The van der Waals surface area contributed by atoms with E-state index in [1.54, 1.807) is 6.92 Å². The first-order valence-corrected chi connectivity index (χ1v) is 7.89. The number of carbonyl (C=O) groups excluding carboxylic acids is 1. The Kier molecular flexibility index (Phi) is 5.85. The predicted octanol–water partition coefficient (Wildman–Crippen LogP) is 3.05. The van der Waals surface area contributed by atoms with E-state index in [4.69, 9.17) is 18.9 Å². The molecule has 0 aromatic heterocycles. The molecule has 0 amide bonds. The number of benzene rings is 1. The third-order valence-corrected chi connectivity index (χ3v) is 3.83. The summed E-state index contributed by atoms with van der Waals surface area (Å²) in [5.74, 6) is 0.365. The molecule has 0 saturated carbocycles. The summed E-state index contributed by atoms with van der Waals surface area (Å²) in [5.41, 5.74) is 3.05. The van der Waals surface area contributed by atoms with Gasteiger partial charge >= 0.3 is 5.97 Å². The number of rotatable bonds is 7. The maximum Gasteiger partial charge on any atom is 0.345 e. The molecule has 1 aromatic carbocycles. The lowest BCUT2D eigenvalue weighted by Crippen LogP contribution is -2.10. The number of carbonyl (C=O) groups is 1. The SMILES string of the molecule is CCOC1OC(=O)c2c(OC)c(C)c(OCC=C(C)C)c(CO)c21. The molecule has 0 bridgehead atoms. The van der Waals surface area contributed by atoms with Crippen LogP contribution >= 0.6 is 0 Å². The van der Waals surface area contributed by atoms with Gasteiger partial charge in [-0.15, -0.1) is 0 Å². The summed E-state index contributed by atoms with van der Waals surface area (Å²) in [6.07, 6.45) is 1.07. The van der Waals surface area contributed by atoms with E-state index in [0.29, 0.717) is 47.0 Å². The predicted molar refractivity (Wildman–Crippen MR) is 88.4 cm³/mol. The van der Waals surface area contributed by atoms with Crippen molar-refractivity contribution in [2.75, 3.05) is 20.3 Å². The van der Waals surface area contributed by atoms with E-state index >= 15 is 0 Å². The molecule has 6 nitrogen and oxygen atoms in total. The Balaban J connectivity index is 2.62. The molecular formula is C18H24O6. The van der Waals surface area contributed by atoms with Gasteiger partial charge in [0.1, 0.15) is 23.7 Å². The van der Waals surface area contributed by atoms with E-state index in [1.807, 2.05) is 26.8 Å². The average molecular weight is 336 g/mol. The van der Waals surface area contributed by atoms with Crippen LogP contribution in [-0.2, 0) is 16.1 Å². The van der Waals surface area contributed by atoms with Gasteiger partial charge < -0.3 is 24.1 Å². The van der Waals surface area contributed by atoms with E-state index in [0.717, 1.165) is 5.57 Å². The van der Waals surface area contributed by atoms with Crippen LogP contribution in [0.2, 0.25) is 0 Å². The molecule has 0 spiro atoms. The van der Waals surface area contributed by atoms with E-state index in [1.165, 1.54) is 7.11 Å². The Morgan fingerprint density at radius 1 is 1.33 bits per heavy atom. The third kappa shape index (κ3) is 3.25. The zero-order valence-electron chi connectivity index (χ0n) is 14.8. The fourth-order valence-electron chi connectivity index (χ4n) is 2.76. The highest BCUT2D eigenvalue weighted by Crippen LogP contribution is 2.46. The van der Waals surface area contributed by atoms with Crippen LogP contribution in [0.15, 0.2) is 11.6 Å². The van der Waals surface area contributed by atoms with Crippen molar-refractivity contribution < 1.29 is 28.8 Å². The van der Waals surface area contributed by atoms with Crippen LogP contribution in [0.5, 0.6) is 11.5 Å². The number of ether oxygens (including phenoxy) is 4. The minimum Gasteiger partial charge on any atom is -0.495 e. The Hall–Kier alpha value is -2.05. The lowest BCUT2D eigenvalue weighted by Gasteiger charge is -2.20. The number of cyclic esters (lactones) is 1. The van der Waals surface area contributed by atoms with Crippen LogP contribution < -0.4 is 9.47 Å². The maximum absolute atomic E-state index is 12.3. The topological polar surface area (TPSA) is 74.2 Å². The van der Waals surface area contributed by atoms with Gasteiger partial charge in [0.05, 0.1) is 13.7 Å². The second-order valence-electron chi connectivity index (χ2n) is 5.70. The van der Waals surface area contributed by atoms with Crippen LogP contribution in [0.4, 0.5) is 0 Å². The number of aliphatic hydroxyl groups is 1. The average Bonchev–Trinajstić information content (AvgIpc) is 2.84. The molecular weight excluding hydrogens is 312 g/mol. The number of hydrogen-bond donors (Lipinski definition) is 1. The summed E-state index contributed by atoms with van der Waals surface area (Å²) in [5, 5.41) is 9.89. The van der Waals surface area contributed by atoms with Crippen molar-refractivity contribution in [1.29, 1.82) is 0 Å². The summed E-state index contributed by atoms with van der Waals surface area (Å²) >= 11 is 0. The lowest BCUT2D eigenvalue weighted by molar-refractivity contribution is -0.100. The molecule has 0 saturated heterocycles. The summed E-state index contributed by atoms with van der Waals surface area (Å²) < 4.78 is 22.1. The quantitative estimate of drug-likeness (QED) is 0.609. The first-order valence-electron chi connectivity index (χ1n) is 7.89. The third-order valence-electron chi connectivity index (χ3n) is 3.83. The Morgan fingerprint density at radius 3 is 2.58 bits per heavy atom. The van der Waals surface area contributed by atoms with Gasteiger partial charge in [0.25, 0.3) is 0 Å². The second-order valence-corrected chi connectivity index (χ2v) is 5.70. The summed E-state index contributed by atoms with van der Waals surface area (Å²) in [6, 6.07) is 0. The molecule has 0 fully saturated rings. The number of esters is 1. The number of aliphatic hydroxyl groups excluding tert-OH is 1. The number of methoxy groups -OCH3 is 1. The highest BCUT2D eigenvalue weighted by Gasteiger charge is 2.40. The van der Waals surface area contributed by atoms with Crippen molar-refractivity contribution in [2.24, 2.45) is 0 Å². The Morgan fingerprint density at radius 2 is 2.04 bits per heavy atom. The van der Waals surface area contributed by atoms with Gasteiger partial charge in [-0.2, -0.15) is 0 Å². The van der Waals surface area contributed by atoms with E-state index in [9.17, 15) is 9.90 Å². The molecule has 2 rings (SSSR count). The lowest BCUT2D eigenvalue weighted by atomic mass is 9.96. The Bertz CT molecular complexity index is 658. The largest absolute Gasteiger partial charge is 0.495 e. The van der Waals surface area contributed by atoms with Gasteiger partial charge in [-0.3, -0.25) is 0 Å². The maximum atomic E-state index is 12.3. The van der Waals surface area contributed by atoms with Gasteiger partial charge in [0.15, 0.2) is 0 Å². The minimum absolute atomic E-state index is 0.294. The smallest absolute Gasteiger partial charge is 0.345 e. The van der Waals surface area contributed by atoms with Gasteiger partial charge in [-0.05, 0) is 33.8 Å². The van der Waals surface area contributed by atoms with Gasteiger partial charge in [-0.25, -0.2) is 4.79 Å². The molecule has 6 heteroatoms. The van der Waals surface area contributed by atoms with E-state index in [-0.39, 0.29) is 6.61 Å². The fraction of sp³-hybridized carbons (Fsp3) is 0.500. The first-order chi connectivity index (χ1) is 11.5. The van der Waals surface area contributed by atoms with Gasteiger partial charge in [0, 0.05) is 23.3 Å². The monoisotopic (exact) mass is 336 g/mol. The molecule has 1 aliphatic rings. The van der Waals surface area contributed by atoms with Crippen molar-refractivity contribution in [3.8, 4) is 11.5 Å². The van der Waals surface area contributed by atoms with Crippen molar-refractivity contribution in [1.82, 2.24) is 0 Å². The second kappa shape index (κ2) is 7.68. The fourth-order valence-corrected chi connectivity index (χ4v) is 2.76. The van der Waals surface area contributed by atoms with Crippen LogP contribution in [-0.4, -0.2) is 31.4 Å². The highest BCUT2D eigenvalue weighted by molar-refractivity contribution is 5.98. The van der Waals surface area contributed by atoms with Crippen molar-refractivity contribution in [3.05, 3.63) is 33.9 Å². The van der Waals surface area contributed by atoms with Crippen LogP contribution in [0.25, 0.3) is 0 Å². The molecule has 1 N–H and O–H groups in total. The molecule has 0 radical (unpaired) electrons. The molecule has 1 unspecified atom stereocenters. The normalized spacial score (nSPS) is 15.8. The van der Waals surface area contributed by atoms with E-state index < -0.39 is 12.3 Å². The Labute approximate surface area is 142 Å². The van der Waals surface area contributed by atoms with Crippen molar-refractivity contribution in [2.45, 2.75) is 40.6 Å². The highest BCUT2D eigenvalue weighted by atomic mass is 16.7. The zero-order chi connectivity index (χ0) is 17.9. The van der Waals surface area contributed by atoms with Gasteiger partial charge in [0.2, 0.25) is 6.29 Å². The molecule has 24 heavy (non-hydrogen) atoms. The minimum atomic E-state index is -0.861. The molecule has 1 aromatic rings. The zero-order valence-corrected chi connectivity index (χ0v) is 14.8. The first kappa shape index (κ1) is 18.3. The van der Waals surface area contributed by atoms with E-state index in [2.05, 4.69) is 0 Å². The van der Waals surface area contributed by atoms with Gasteiger partial charge in [-0.1, -0.05) is 5.57 Å². The number of allylic oxidation sites excluding steroid dienone is 1. The standard InChI is InChI=1S/C18H24O6/c1-6-22-18-13-12(9-19)15(23-8-7-10(2)3)11(4)16(21-5)14(13)17(20)24-18/h7,18-19H,6,8-9H2,1-5H3. The summed E-state index contributed by atoms with van der Waals surface area (Å²) in [7, 11) is 1.49. The molecule has 132 valence electrons.